The summed E-state index contributed by atoms with van der Waals surface area (Å²) in [7, 11) is 1.87. The third kappa shape index (κ3) is 4.22. The van der Waals surface area contributed by atoms with E-state index >= 15 is 0 Å². The van der Waals surface area contributed by atoms with E-state index in [9.17, 15) is 0 Å². The van der Waals surface area contributed by atoms with Crippen molar-refractivity contribution in [1.29, 1.82) is 0 Å². The van der Waals surface area contributed by atoms with Crippen molar-refractivity contribution in [3.05, 3.63) is 10.0 Å². The van der Waals surface area contributed by atoms with Gasteiger partial charge in [-0.25, -0.2) is 0 Å². The maximum atomic E-state index is 3.27. The predicted octanol–water partition coefficient (Wildman–Crippen LogP) is 1.76. The minimum atomic E-state index is 1.03. The maximum Gasteiger partial charge on any atom is 0.0841 e. The third-order valence-corrected chi connectivity index (χ3v) is 1.86. The van der Waals surface area contributed by atoms with Crippen molar-refractivity contribution in [2.75, 3.05) is 13.3 Å². The van der Waals surface area contributed by atoms with Crippen molar-refractivity contribution in [2.45, 2.75) is 0 Å². The fraction of sp³-hybridized carbons (Fsp3) is 0.500. The minimum Gasteiger partial charge on any atom is -0.382 e. The molecular formula is C4H8BrNS. The van der Waals surface area contributed by atoms with E-state index in [-0.39, 0.29) is 0 Å². The molecule has 1 nitrogen and oxygen atoms in total. The Morgan fingerprint density at radius 1 is 1.86 bits per heavy atom. The Morgan fingerprint density at radius 2 is 2.43 bits per heavy atom. The summed E-state index contributed by atoms with van der Waals surface area (Å²) in [5, 5.41) is 4.91. The summed E-state index contributed by atoms with van der Waals surface area (Å²) in [6.07, 6.45) is 2.01. The van der Waals surface area contributed by atoms with Crippen LogP contribution < -0.4 is 5.32 Å². The molecule has 0 fully saturated rings. The molecule has 0 saturated carbocycles. The number of nitrogens with one attached hydrogen (secondary N) is 1. The van der Waals surface area contributed by atoms with Crippen LogP contribution in [0.3, 0.4) is 0 Å². The van der Waals surface area contributed by atoms with Gasteiger partial charge in [-0.3, -0.25) is 0 Å². The van der Waals surface area contributed by atoms with Crippen LogP contribution in [0.2, 0.25) is 0 Å². The van der Waals surface area contributed by atoms with Crippen molar-refractivity contribution in [3.8, 4) is 0 Å². The van der Waals surface area contributed by atoms with Gasteiger partial charge < -0.3 is 5.32 Å². The first-order valence-corrected chi connectivity index (χ1v) is 3.95. The van der Waals surface area contributed by atoms with Crippen molar-refractivity contribution < 1.29 is 0 Å². The molecule has 0 atom stereocenters. The van der Waals surface area contributed by atoms with Gasteiger partial charge in [-0.2, -0.15) is 0 Å². The Hall–Kier alpha value is 0.370. The monoisotopic (exact) mass is 181 g/mol. The number of hydrogen-bond donors (Lipinski definition) is 1. The second-order valence-electron chi connectivity index (χ2n) is 0.951. The van der Waals surface area contributed by atoms with Crippen LogP contribution in [0.25, 0.3) is 0 Å². The van der Waals surface area contributed by atoms with Gasteiger partial charge in [0.15, 0.2) is 0 Å². The highest BCUT2D eigenvalue weighted by molar-refractivity contribution is 9.11. The Kier molecular flexibility index (Phi) is 4.77. The predicted molar refractivity (Wildman–Crippen MR) is 39.6 cm³/mol. The molecule has 0 amide bonds. The van der Waals surface area contributed by atoms with Gasteiger partial charge in [0.25, 0.3) is 0 Å². The summed E-state index contributed by atoms with van der Waals surface area (Å²) in [6.45, 7) is 0. The molecule has 0 aliphatic rings. The SMILES string of the molecule is CN/C(Br)=C\SC. The normalized spacial score (nSPS) is 11.6. The lowest BCUT2D eigenvalue weighted by molar-refractivity contribution is 1.09. The summed E-state index contributed by atoms with van der Waals surface area (Å²) >= 11 is 4.93. The molecule has 42 valence electrons. The average Bonchev–Trinajstić information content (AvgIpc) is 1.68. The van der Waals surface area contributed by atoms with Gasteiger partial charge in [0.05, 0.1) is 4.61 Å². The highest BCUT2D eigenvalue weighted by Crippen LogP contribution is 2.04. The molecular weight excluding hydrogens is 174 g/mol. The smallest absolute Gasteiger partial charge is 0.0841 e. The average molecular weight is 182 g/mol. The van der Waals surface area contributed by atoms with Crippen LogP contribution in [0, 0.1) is 0 Å². The van der Waals surface area contributed by atoms with E-state index in [0.717, 1.165) is 4.61 Å². The van der Waals surface area contributed by atoms with Gasteiger partial charge in [0.1, 0.15) is 0 Å². The maximum absolute atomic E-state index is 3.27. The van der Waals surface area contributed by atoms with Gasteiger partial charge >= 0.3 is 0 Å². The molecule has 0 unspecified atom stereocenters. The zero-order chi connectivity index (χ0) is 5.70. The number of thioether (sulfide) groups is 1. The van der Waals surface area contributed by atoms with Crippen LogP contribution in [-0.4, -0.2) is 13.3 Å². The molecule has 0 aliphatic heterocycles. The standard InChI is InChI=1S/C4H8BrNS/c1-6-4(5)3-7-2/h3,6H,1-2H3/b4-3-. The largest absolute Gasteiger partial charge is 0.382 e. The summed E-state index contributed by atoms with van der Waals surface area (Å²) < 4.78 is 1.03. The number of rotatable bonds is 2. The molecule has 7 heavy (non-hydrogen) atoms. The van der Waals surface area contributed by atoms with Crippen LogP contribution in [0.15, 0.2) is 10.0 Å². The van der Waals surface area contributed by atoms with E-state index in [1.807, 2.05) is 18.7 Å². The molecule has 0 spiro atoms. The fourth-order valence-electron chi connectivity index (χ4n) is 0.162. The highest BCUT2D eigenvalue weighted by Gasteiger charge is 1.77. The second kappa shape index (κ2) is 4.53. The Balaban J connectivity index is 3.29. The van der Waals surface area contributed by atoms with Gasteiger partial charge in [-0.15, -0.1) is 11.8 Å². The summed E-state index contributed by atoms with van der Waals surface area (Å²) in [5.74, 6) is 0. The van der Waals surface area contributed by atoms with Gasteiger partial charge in [0.2, 0.25) is 0 Å². The van der Waals surface area contributed by atoms with Gasteiger partial charge in [-0.1, -0.05) is 0 Å². The van der Waals surface area contributed by atoms with E-state index in [2.05, 4.69) is 21.2 Å². The molecule has 0 saturated heterocycles. The summed E-state index contributed by atoms with van der Waals surface area (Å²) in [5.41, 5.74) is 0. The quantitative estimate of drug-likeness (QED) is 0.653. The third-order valence-electron chi connectivity index (χ3n) is 0.460. The van der Waals surface area contributed by atoms with Crippen LogP contribution in [0.1, 0.15) is 0 Å². The first kappa shape index (κ1) is 7.37. The lowest BCUT2D eigenvalue weighted by Gasteiger charge is -1.90. The molecule has 0 rings (SSSR count). The molecule has 3 heteroatoms. The van der Waals surface area contributed by atoms with Crippen molar-refractivity contribution in [1.82, 2.24) is 5.32 Å². The zero-order valence-electron chi connectivity index (χ0n) is 4.36. The molecule has 0 aromatic rings. The lowest BCUT2D eigenvalue weighted by Crippen LogP contribution is -1.96. The van der Waals surface area contributed by atoms with Crippen LogP contribution in [0.5, 0.6) is 0 Å². The minimum absolute atomic E-state index is 1.03. The molecule has 0 aromatic carbocycles. The van der Waals surface area contributed by atoms with Gasteiger partial charge in [0, 0.05) is 12.5 Å². The molecule has 0 aliphatic carbocycles. The summed E-state index contributed by atoms with van der Waals surface area (Å²) in [4.78, 5) is 0. The first-order valence-electron chi connectivity index (χ1n) is 1.87. The number of halogens is 1. The van der Waals surface area contributed by atoms with Crippen molar-refractivity contribution in [3.63, 3.8) is 0 Å². The molecule has 0 heterocycles. The Bertz CT molecular complexity index is 72.1. The van der Waals surface area contributed by atoms with Crippen LogP contribution in [-0.2, 0) is 0 Å². The number of hydrogen-bond acceptors (Lipinski definition) is 2. The van der Waals surface area contributed by atoms with E-state index in [4.69, 9.17) is 0 Å². The Morgan fingerprint density at radius 3 is 2.57 bits per heavy atom. The molecule has 1 N–H and O–H groups in total. The van der Waals surface area contributed by atoms with Gasteiger partial charge in [-0.05, 0) is 22.2 Å². The summed E-state index contributed by atoms with van der Waals surface area (Å²) in [6, 6.07) is 0. The first-order chi connectivity index (χ1) is 3.31. The molecule has 0 aromatic heterocycles. The van der Waals surface area contributed by atoms with Crippen LogP contribution >= 0.6 is 27.7 Å². The molecule has 0 bridgehead atoms. The van der Waals surface area contributed by atoms with Crippen molar-refractivity contribution >= 4 is 27.7 Å². The lowest BCUT2D eigenvalue weighted by atomic mass is 11.0. The van der Waals surface area contributed by atoms with E-state index in [1.54, 1.807) is 11.8 Å². The van der Waals surface area contributed by atoms with E-state index in [1.165, 1.54) is 0 Å². The molecule has 0 radical (unpaired) electrons. The fourth-order valence-corrected chi connectivity index (χ4v) is 1.05. The van der Waals surface area contributed by atoms with E-state index < -0.39 is 0 Å². The Labute approximate surface area is 56.7 Å². The topological polar surface area (TPSA) is 12.0 Å². The van der Waals surface area contributed by atoms with Crippen molar-refractivity contribution in [2.24, 2.45) is 0 Å². The van der Waals surface area contributed by atoms with Crippen LogP contribution in [0.4, 0.5) is 0 Å². The zero-order valence-corrected chi connectivity index (χ0v) is 6.77. The van der Waals surface area contributed by atoms with E-state index in [0.29, 0.717) is 0 Å². The second-order valence-corrected chi connectivity index (χ2v) is 2.51. The highest BCUT2D eigenvalue weighted by atomic mass is 79.9.